The number of fused-ring (bicyclic) bond motifs is 2. The van der Waals surface area contributed by atoms with Gasteiger partial charge in [0.05, 0.1) is 7.11 Å². The smallest absolute Gasteiger partial charge is 0.224 e. The molecule has 1 amide bonds. The summed E-state index contributed by atoms with van der Waals surface area (Å²) in [5.41, 5.74) is 0.856. The average Bonchev–Trinajstić information content (AvgIpc) is 3.02. The molecule has 2 saturated carbocycles. The molecule has 2 aliphatic carbocycles. The summed E-state index contributed by atoms with van der Waals surface area (Å²) in [6, 6.07) is 7.51. The Labute approximate surface area is 114 Å². The predicted octanol–water partition coefficient (Wildman–Crippen LogP) is 3.46. The second kappa shape index (κ2) is 5.24. The van der Waals surface area contributed by atoms with E-state index >= 15 is 0 Å². The van der Waals surface area contributed by atoms with Gasteiger partial charge in [-0.2, -0.15) is 0 Å². The van der Waals surface area contributed by atoms with Gasteiger partial charge in [-0.3, -0.25) is 4.79 Å². The monoisotopic (exact) mass is 259 g/mol. The molecule has 3 rings (SSSR count). The molecule has 0 spiro atoms. The topological polar surface area (TPSA) is 38.3 Å². The lowest BCUT2D eigenvalue weighted by atomic mass is 9.86. The Morgan fingerprint density at radius 2 is 2.05 bits per heavy atom. The van der Waals surface area contributed by atoms with Crippen molar-refractivity contribution < 1.29 is 9.53 Å². The third-order valence-corrected chi connectivity index (χ3v) is 4.71. The maximum absolute atomic E-state index is 12.1. The third kappa shape index (κ3) is 2.75. The summed E-state index contributed by atoms with van der Waals surface area (Å²) in [4.78, 5) is 12.1. The molecule has 2 aliphatic rings. The van der Waals surface area contributed by atoms with Crippen molar-refractivity contribution >= 4 is 11.6 Å². The maximum Gasteiger partial charge on any atom is 0.224 e. The van der Waals surface area contributed by atoms with E-state index in [1.165, 1.54) is 25.7 Å². The molecule has 0 radical (unpaired) electrons. The lowest BCUT2D eigenvalue weighted by Crippen LogP contribution is -2.20. The van der Waals surface area contributed by atoms with Crippen molar-refractivity contribution in [1.29, 1.82) is 0 Å². The number of carbonyl (C=O) groups excluding carboxylic acids is 1. The van der Waals surface area contributed by atoms with Crippen LogP contribution < -0.4 is 10.1 Å². The fraction of sp³-hybridized carbons (Fsp3) is 0.562. The van der Waals surface area contributed by atoms with Crippen molar-refractivity contribution in [3.8, 4) is 5.75 Å². The van der Waals surface area contributed by atoms with E-state index in [2.05, 4.69) is 5.32 Å². The third-order valence-electron chi connectivity index (χ3n) is 4.71. The van der Waals surface area contributed by atoms with E-state index in [0.717, 1.165) is 23.3 Å². The second-order valence-corrected chi connectivity index (χ2v) is 5.92. The van der Waals surface area contributed by atoms with Crippen LogP contribution in [-0.4, -0.2) is 13.0 Å². The lowest BCUT2D eigenvalue weighted by Gasteiger charge is -2.20. The molecule has 0 unspecified atom stereocenters. The van der Waals surface area contributed by atoms with Crippen molar-refractivity contribution in [2.45, 2.75) is 32.1 Å². The molecule has 1 N–H and O–H groups in total. The van der Waals surface area contributed by atoms with Gasteiger partial charge in [0.2, 0.25) is 5.91 Å². The highest BCUT2D eigenvalue weighted by molar-refractivity contribution is 5.90. The molecule has 0 heterocycles. The normalized spacial score (nSPS) is 28.4. The van der Waals surface area contributed by atoms with Crippen LogP contribution in [0.1, 0.15) is 32.1 Å². The summed E-state index contributed by atoms with van der Waals surface area (Å²) < 4.78 is 5.10. The Morgan fingerprint density at radius 3 is 2.63 bits per heavy atom. The number of anilines is 1. The molecular weight excluding hydrogens is 238 g/mol. The zero-order valence-electron chi connectivity index (χ0n) is 11.4. The number of carbonyl (C=O) groups is 1. The fourth-order valence-electron chi connectivity index (χ4n) is 3.75. The van der Waals surface area contributed by atoms with Crippen molar-refractivity contribution in [2.24, 2.45) is 17.8 Å². The standard InChI is InChI=1S/C16H21NO2/c1-19-15-6-4-14(5-7-15)17-16(18)10-13-9-11-2-3-12(13)8-11/h4-7,11-13H,2-3,8-10H2,1H3,(H,17,18)/t11-,12-,13-/m1/s1. The molecule has 19 heavy (non-hydrogen) atoms. The number of rotatable bonds is 4. The van der Waals surface area contributed by atoms with E-state index in [9.17, 15) is 4.79 Å². The number of hydrogen-bond acceptors (Lipinski definition) is 2. The van der Waals surface area contributed by atoms with E-state index < -0.39 is 0 Å². The summed E-state index contributed by atoms with van der Waals surface area (Å²) in [7, 11) is 1.64. The first-order chi connectivity index (χ1) is 9.24. The minimum atomic E-state index is 0.155. The van der Waals surface area contributed by atoms with Gasteiger partial charge in [0, 0.05) is 12.1 Å². The first-order valence-corrected chi connectivity index (χ1v) is 7.18. The van der Waals surface area contributed by atoms with E-state index in [1.807, 2.05) is 24.3 Å². The van der Waals surface area contributed by atoms with Gasteiger partial charge in [0.25, 0.3) is 0 Å². The Bertz CT molecular complexity index is 454. The molecule has 0 aliphatic heterocycles. The maximum atomic E-state index is 12.1. The second-order valence-electron chi connectivity index (χ2n) is 5.92. The van der Waals surface area contributed by atoms with Crippen molar-refractivity contribution in [2.75, 3.05) is 12.4 Å². The molecule has 0 aromatic heterocycles. The number of methoxy groups -OCH3 is 1. The molecule has 0 saturated heterocycles. The number of hydrogen-bond donors (Lipinski definition) is 1. The number of amides is 1. The zero-order valence-corrected chi connectivity index (χ0v) is 11.4. The fourth-order valence-corrected chi connectivity index (χ4v) is 3.75. The molecule has 3 nitrogen and oxygen atoms in total. The predicted molar refractivity (Wildman–Crippen MR) is 75.2 cm³/mol. The molecule has 102 valence electrons. The number of benzene rings is 1. The molecule has 1 aromatic rings. The molecule has 3 atom stereocenters. The summed E-state index contributed by atoms with van der Waals surface area (Å²) in [5.74, 6) is 3.31. The quantitative estimate of drug-likeness (QED) is 0.899. The lowest BCUT2D eigenvalue weighted by molar-refractivity contribution is -0.117. The van der Waals surface area contributed by atoms with Gasteiger partial charge in [-0.15, -0.1) is 0 Å². The molecule has 1 aromatic carbocycles. The van der Waals surface area contributed by atoms with Crippen LogP contribution in [0.5, 0.6) is 5.75 Å². The Hall–Kier alpha value is -1.51. The van der Waals surface area contributed by atoms with Gasteiger partial charge in [-0.25, -0.2) is 0 Å². The summed E-state index contributed by atoms with van der Waals surface area (Å²) >= 11 is 0. The van der Waals surface area contributed by atoms with Crippen LogP contribution >= 0.6 is 0 Å². The van der Waals surface area contributed by atoms with Gasteiger partial charge >= 0.3 is 0 Å². The van der Waals surface area contributed by atoms with E-state index in [1.54, 1.807) is 7.11 Å². The minimum Gasteiger partial charge on any atom is -0.497 e. The molecule has 2 fully saturated rings. The highest BCUT2D eigenvalue weighted by atomic mass is 16.5. The average molecular weight is 259 g/mol. The zero-order chi connectivity index (χ0) is 13.2. The Morgan fingerprint density at radius 1 is 1.26 bits per heavy atom. The van der Waals surface area contributed by atoms with Crippen LogP contribution in [0.2, 0.25) is 0 Å². The van der Waals surface area contributed by atoms with Gasteiger partial charge in [0.1, 0.15) is 5.75 Å². The van der Waals surface area contributed by atoms with Gasteiger partial charge < -0.3 is 10.1 Å². The highest BCUT2D eigenvalue weighted by Crippen LogP contribution is 2.49. The number of nitrogens with one attached hydrogen (secondary N) is 1. The van der Waals surface area contributed by atoms with Crippen LogP contribution in [0.4, 0.5) is 5.69 Å². The summed E-state index contributed by atoms with van der Waals surface area (Å²) in [6.45, 7) is 0. The van der Waals surface area contributed by atoms with Crippen LogP contribution in [0.25, 0.3) is 0 Å². The van der Waals surface area contributed by atoms with Gasteiger partial charge in [0.15, 0.2) is 0 Å². The van der Waals surface area contributed by atoms with E-state index in [-0.39, 0.29) is 5.91 Å². The summed E-state index contributed by atoms with van der Waals surface area (Å²) in [5, 5.41) is 2.99. The Kier molecular flexibility index (Phi) is 3.45. The van der Waals surface area contributed by atoms with Gasteiger partial charge in [-0.1, -0.05) is 6.42 Å². The Balaban J connectivity index is 1.53. The van der Waals surface area contributed by atoms with Crippen LogP contribution in [0.3, 0.4) is 0 Å². The van der Waals surface area contributed by atoms with Crippen LogP contribution in [-0.2, 0) is 4.79 Å². The first-order valence-electron chi connectivity index (χ1n) is 7.18. The van der Waals surface area contributed by atoms with Crippen LogP contribution in [0.15, 0.2) is 24.3 Å². The van der Waals surface area contributed by atoms with E-state index in [0.29, 0.717) is 12.3 Å². The molecule has 3 heteroatoms. The first kappa shape index (κ1) is 12.5. The van der Waals surface area contributed by atoms with E-state index in [4.69, 9.17) is 4.74 Å². The number of ether oxygens (including phenoxy) is 1. The highest BCUT2D eigenvalue weighted by Gasteiger charge is 2.40. The van der Waals surface area contributed by atoms with Crippen molar-refractivity contribution in [1.82, 2.24) is 0 Å². The minimum absolute atomic E-state index is 0.155. The molecular formula is C16H21NO2. The SMILES string of the molecule is COc1ccc(NC(=O)C[C@H]2C[C@@H]3CC[C@@H]2C3)cc1. The van der Waals surface area contributed by atoms with Crippen LogP contribution in [0, 0.1) is 17.8 Å². The van der Waals surface area contributed by atoms with Crippen molar-refractivity contribution in [3.63, 3.8) is 0 Å². The van der Waals surface area contributed by atoms with Gasteiger partial charge in [-0.05, 0) is 61.3 Å². The molecule has 2 bridgehead atoms. The largest absolute Gasteiger partial charge is 0.497 e. The summed E-state index contributed by atoms with van der Waals surface area (Å²) in [6.07, 6.45) is 6.04. The van der Waals surface area contributed by atoms with Crippen molar-refractivity contribution in [3.05, 3.63) is 24.3 Å².